The summed E-state index contributed by atoms with van der Waals surface area (Å²) in [7, 11) is 0. The van der Waals surface area contributed by atoms with E-state index >= 15 is 0 Å². The fraction of sp³-hybridized carbons (Fsp3) is 0.100. The SMILES string of the molecule is CC(=O)c1cccc(NC(=O)c2cc(NCc3ccccn3)ccn2)c1. The van der Waals surface area contributed by atoms with E-state index < -0.39 is 0 Å². The molecule has 3 aromatic rings. The van der Waals surface area contributed by atoms with Crippen LogP contribution < -0.4 is 10.6 Å². The zero-order chi connectivity index (χ0) is 18.4. The number of hydrogen-bond acceptors (Lipinski definition) is 5. The third kappa shape index (κ3) is 4.51. The number of nitrogens with zero attached hydrogens (tertiary/aromatic N) is 2. The predicted molar refractivity (Wildman–Crippen MR) is 100 cm³/mol. The molecular weight excluding hydrogens is 328 g/mol. The molecule has 2 heterocycles. The van der Waals surface area contributed by atoms with E-state index in [1.165, 1.54) is 6.92 Å². The Bertz CT molecular complexity index is 926. The van der Waals surface area contributed by atoms with Crippen LogP contribution >= 0.6 is 0 Å². The Labute approximate surface area is 151 Å². The number of aromatic nitrogens is 2. The van der Waals surface area contributed by atoms with Crippen molar-refractivity contribution in [3.63, 3.8) is 0 Å². The number of nitrogens with one attached hydrogen (secondary N) is 2. The van der Waals surface area contributed by atoms with Crippen LogP contribution in [0.15, 0.2) is 67.0 Å². The van der Waals surface area contributed by atoms with Crippen LogP contribution in [-0.2, 0) is 6.54 Å². The van der Waals surface area contributed by atoms with Gasteiger partial charge in [0, 0.05) is 29.3 Å². The van der Waals surface area contributed by atoms with E-state index in [1.54, 1.807) is 48.8 Å². The lowest BCUT2D eigenvalue weighted by Gasteiger charge is -2.09. The summed E-state index contributed by atoms with van der Waals surface area (Å²) >= 11 is 0. The van der Waals surface area contributed by atoms with Gasteiger partial charge in [0.25, 0.3) is 5.91 Å². The molecule has 6 nitrogen and oxygen atoms in total. The van der Waals surface area contributed by atoms with Crippen molar-refractivity contribution >= 4 is 23.1 Å². The largest absolute Gasteiger partial charge is 0.379 e. The third-order valence-electron chi connectivity index (χ3n) is 3.72. The molecule has 0 aliphatic heterocycles. The topological polar surface area (TPSA) is 84.0 Å². The number of Topliss-reactive ketones (excluding diaryl/α,β-unsaturated/α-hetero) is 1. The summed E-state index contributed by atoms with van der Waals surface area (Å²) in [4.78, 5) is 32.2. The van der Waals surface area contributed by atoms with Gasteiger partial charge in [-0.05, 0) is 43.3 Å². The van der Waals surface area contributed by atoms with Crippen LogP contribution in [0, 0.1) is 0 Å². The maximum Gasteiger partial charge on any atom is 0.274 e. The van der Waals surface area contributed by atoms with Gasteiger partial charge in [-0.1, -0.05) is 18.2 Å². The minimum atomic E-state index is -0.341. The molecule has 26 heavy (non-hydrogen) atoms. The Balaban J connectivity index is 1.68. The zero-order valence-electron chi connectivity index (χ0n) is 14.3. The molecule has 0 bridgehead atoms. The van der Waals surface area contributed by atoms with Crippen LogP contribution in [0.4, 0.5) is 11.4 Å². The first-order valence-electron chi connectivity index (χ1n) is 8.14. The Morgan fingerprint density at radius 3 is 2.58 bits per heavy atom. The number of amides is 1. The van der Waals surface area contributed by atoms with Gasteiger partial charge in [-0.2, -0.15) is 0 Å². The monoisotopic (exact) mass is 346 g/mol. The van der Waals surface area contributed by atoms with Crippen molar-refractivity contribution in [2.75, 3.05) is 10.6 Å². The molecule has 130 valence electrons. The normalized spacial score (nSPS) is 10.2. The van der Waals surface area contributed by atoms with Crippen molar-refractivity contribution < 1.29 is 9.59 Å². The maximum absolute atomic E-state index is 12.4. The first-order valence-corrected chi connectivity index (χ1v) is 8.14. The molecule has 2 aromatic heterocycles. The van der Waals surface area contributed by atoms with Gasteiger partial charge in [0.1, 0.15) is 5.69 Å². The molecule has 0 aliphatic rings. The quantitative estimate of drug-likeness (QED) is 0.667. The van der Waals surface area contributed by atoms with Crippen LogP contribution in [0.3, 0.4) is 0 Å². The number of rotatable bonds is 6. The highest BCUT2D eigenvalue weighted by Crippen LogP contribution is 2.14. The molecular formula is C20H18N4O2. The van der Waals surface area contributed by atoms with Gasteiger partial charge in [-0.25, -0.2) is 0 Å². The molecule has 0 saturated heterocycles. The number of anilines is 2. The maximum atomic E-state index is 12.4. The molecule has 0 aliphatic carbocycles. The van der Waals surface area contributed by atoms with E-state index in [4.69, 9.17) is 0 Å². The second-order valence-electron chi connectivity index (χ2n) is 5.70. The number of benzene rings is 1. The van der Waals surface area contributed by atoms with Crippen LogP contribution in [0.5, 0.6) is 0 Å². The molecule has 0 atom stereocenters. The molecule has 0 radical (unpaired) electrons. The lowest BCUT2D eigenvalue weighted by molar-refractivity contribution is 0.100. The summed E-state index contributed by atoms with van der Waals surface area (Å²) in [6, 6.07) is 16.0. The van der Waals surface area contributed by atoms with Gasteiger partial charge in [0.15, 0.2) is 5.78 Å². The Kier molecular flexibility index (Phi) is 5.34. The summed E-state index contributed by atoms with van der Waals surface area (Å²) in [6.07, 6.45) is 3.30. The fourth-order valence-corrected chi connectivity index (χ4v) is 2.37. The minimum Gasteiger partial charge on any atom is -0.379 e. The summed E-state index contributed by atoms with van der Waals surface area (Å²) in [5.74, 6) is -0.396. The molecule has 2 N–H and O–H groups in total. The highest BCUT2D eigenvalue weighted by molar-refractivity contribution is 6.04. The highest BCUT2D eigenvalue weighted by Gasteiger charge is 2.10. The van der Waals surface area contributed by atoms with E-state index in [0.717, 1.165) is 11.4 Å². The van der Waals surface area contributed by atoms with Crippen LogP contribution in [0.1, 0.15) is 33.5 Å². The van der Waals surface area contributed by atoms with Gasteiger partial charge in [-0.15, -0.1) is 0 Å². The van der Waals surface area contributed by atoms with Crippen LogP contribution in [-0.4, -0.2) is 21.7 Å². The van der Waals surface area contributed by atoms with Gasteiger partial charge in [0.05, 0.1) is 12.2 Å². The smallest absolute Gasteiger partial charge is 0.274 e. The molecule has 0 unspecified atom stereocenters. The lowest BCUT2D eigenvalue weighted by Crippen LogP contribution is -2.14. The molecule has 6 heteroatoms. The Morgan fingerprint density at radius 2 is 1.81 bits per heavy atom. The Hall–Kier alpha value is -3.54. The molecule has 1 aromatic carbocycles. The second-order valence-corrected chi connectivity index (χ2v) is 5.70. The lowest BCUT2D eigenvalue weighted by atomic mass is 10.1. The molecule has 0 spiro atoms. The fourth-order valence-electron chi connectivity index (χ4n) is 2.37. The van der Waals surface area contributed by atoms with E-state index in [2.05, 4.69) is 20.6 Å². The van der Waals surface area contributed by atoms with Gasteiger partial charge in [-0.3, -0.25) is 19.6 Å². The zero-order valence-corrected chi connectivity index (χ0v) is 14.3. The molecule has 0 saturated carbocycles. The second kappa shape index (κ2) is 8.02. The van der Waals surface area contributed by atoms with E-state index in [-0.39, 0.29) is 17.4 Å². The summed E-state index contributed by atoms with van der Waals surface area (Å²) in [6.45, 7) is 2.03. The van der Waals surface area contributed by atoms with Crippen molar-refractivity contribution in [1.29, 1.82) is 0 Å². The van der Waals surface area contributed by atoms with Crippen LogP contribution in [0.2, 0.25) is 0 Å². The number of ketones is 1. The number of carbonyl (C=O) groups is 2. The first-order chi connectivity index (χ1) is 12.6. The van der Waals surface area contributed by atoms with E-state index in [9.17, 15) is 9.59 Å². The van der Waals surface area contributed by atoms with Gasteiger partial charge >= 0.3 is 0 Å². The van der Waals surface area contributed by atoms with Gasteiger partial charge in [0.2, 0.25) is 0 Å². The number of pyridine rings is 2. The van der Waals surface area contributed by atoms with E-state index in [1.807, 2.05) is 18.2 Å². The van der Waals surface area contributed by atoms with Gasteiger partial charge < -0.3 is 10.6 Å². The summed E-state index contributed by atoms with van der Waals surface area (Å²) < 4.78 is 0. The number of carbonyl (C=O) groups excluding carboxylic acids is 2. The Morgan fingerprint density at radius 1 is 0.923 bits per heavy atom. The highest BCUT2D eigenvalue weighted by atomic mass is 16.2. The predicted octanol–water partition coefficient (Wildman–Crippen LogP) is 3.54. The van der Waals surface area contributed by atoms with Crippen molar-refractivity contribution in [1.82, 2.24) is 9.97 Å². The standard InChI is InChI=1S/C20H18N4O2/c1-14(25)15-5-4-7-17(11-15)24-20(26)19-12-16(8-10-22-19)23-13-18-6-2-3-9-21-18/h2-12H,13H2,1H3,(H,22,23)(H,24,26). The van der Waals surface area contributed by atoms with Crippen molar-refractivity contribution in [3.05, 3.63) is 83.9 Å². The number of hydrogen-bond donors (Lipinski definition) is 2. The average Bonchev–Trinajstić information content (AvgIpc) is 2.67. The third-order valence-corrected chi connectivity index (χ3v) is 3.72. The van der Waals surface area contributed by atoms with Crippen molar-refractivity contribution in [2.45, 2.75) is 13.5 Å². The van der Waals surface area contributed by atoms with Crippen molar-refractivity contribution in [3.8, 4) is 0 Å². The summed E-state index contributed by atoms with van der Waals surface area (Å²) in [5.41, 5.74) is 3.05. The summed E-state index contributed by atoms with van der Waals surface area (Å²) in [5, 5.41) is 5.98. The molecule has 0 fully saturated rings. The molecule has 1 amide bonds. The minimum absolute atomic E-state index is 0.0556. The van der Waals surface area contributed by atoms with Crippen molar-refractivity contribution in [2.24, 2.45) is 0 Å². The average molecular weight is 346 g/mol. The molecule has 3 rings (SSSR count). The first kappa shape index (κ1) is 17.3. The van der Waals surface area contributed by atoms with E-state index in [0.29, 0.717) is 17.8 Å². The van der Waals surface area contributed by atoms with Crippen LogP contribution in [0.25, 0.3) is 0 Å².